The number of amides is 3. The Hall–Kier alpha value is -3.31. The van der Waals surface area contributed by atoms with Gasteiger partial charge in [0.2, 0.25) is 11.8 Å². The van der Waals surface area contributed by atoms with Crippen molar-refractivity contribution in [2.24, 2.45) is 11.0 Å². The maximum atomic E-state index is 12.3. The quantitative estimate of drug-likeness (QED) is 0.253. The first-order chi connectivity index (χ1) is 14.9. The third kappa shape index (κ3) is 10.1. The fraction of sp³-hybridized carbons (Fsp3) is 0.526. The summed E-state index contributed by atoms with van der Waals surface area (Å²) in [6, 6.07) is 4.69. The molecule has 0 unspecified atom stereocenters. The average molecular weight is 469 g/mol. The van der Waals surface area contributed by atoms with Crippen molar-refractivity contribution < 1.29 is 27.5 Å². The summed E-state index contributed by atoms with van der Waals surface area (Å²) >= 11 is 0. The summed E-state index contributed by atoms with van der Waals surface area (Å²) in [6.07, 6.45) is 0.330. The maximum Gasteiger partial charge on any atom is 0.407 e. The number of nitrogens with one attached hydrogen (secondary N) is 3. The van der Waals surface area contributed by atoms with E-state index in [9.17, 15) is 22.8 Å². The van der Waals surface area contributed by atoms with E-state index in [4.69, 9.17) is 10.3 Å². The highest BCUT2D eigenvalue weighted by molar-refractivity contribution is 7.90. The number of carbonyl (C=O) groups excluding carboxylic acids is 3. The van der Waals surface area contributed by atoms with Crippen LogP contribution in [0.15, 0.2) is 29.4 Å². The van der Waals surface area contributed by atoms with E-state index >= 15 is 0 Å². The highest BCUT2D eigenvalue weighted by atomic mass is 32.2. The van der Waals surface area contributed by atoms with Gasteiger partial charge in [-0.1, -0.05) is 31.1 Å². The van der Waals surface area contributed by atoms with E-state index in [0.29, 0.717) is 11.3 Å². The van der Waals surface area contributed by atoms with E-state index in [1.165, 1.54) is 6.92 Å². The van der Waals surface area contributed by atoms with Crippen LogP contribution in [0.1, 0.15) is 26.3 Å². The number of rotatable bonds is 11. The SMILES string of the molecule is CC(C)[C@H](N=[N+]=[N-])C(=O)N[C@@H](C)C(=O)Nc1ccc(COC(=O)NCCS(C)(=O)=O)cc1. The number of benzene rings is 1. The number of ether oxygens (including phenoxy) is 1. The van der Waals surface area contributed by atoms with Crippen LogP contribution in [0, 0.1) is 5.92 Å². The van der Waals surface area contributed by atoms with Gasteiger partial charge in [0.1, 0.15) is 28.5 Å². The molecular weight excluding hydrogens is 440 g/mol. The minimum absolute atomic E-state index is 0.0403. The van der Waals surface area contributed by atoms with Crippen molar-refractivity contribution in [1.82, 2.24) is 10.6 Å². The minimum Gasteiger partial charge on any atom is -0.445 e. The van der Waals surface area contributed by atoms with Crippen LogP contribution < -0.4 is 16.0 Å². The molecule has 1 aromatic rings. The van der Waals surface area contributed by atoms with E-state index in [1.54, 1.807) is 38.1 Å². The largest absolute Gasteiger partial charge is 0.445 e. The first-order valence-electron chi connectivity index (χ1n) is 9.75. The number of azide groups is 1. The summed E-state index contributed by atoms with van der Waals surface area (Å²) in [5.41, 5.74) is 9.69. The topological polar surface area (TPSA) is 179 Å². The van der Waals surface area contributed by atoms with E-state index in [1.807, 2.05) is 0 Å². The zero-order valence-electron chi connectivity index (χ0n) is 18.4. The summed E-state index contributed by atoms with van der Waals surface area (Å²) in [5, 5.41) is 11.0. The minimum atomic E-state index is -3.17. The van der Waals surface area contributed by atoms with E-state index in [0.717, 1.165) is 6.26 Å². The molecule has 0 aromatic heterocycles. The Morgan fingerprint density at radius 3 is 2.28 bits per heavy atom. The van der Waals surface area contributed by atoms with Gasteiger partial charge in [-0.15, -0.1) is 0 Å². The molecule has 1 aromatic carbocycles. The predicted molar refractivity (Wildman–Crippen MR) is 118 cm³/mol. The molecule has 3 amide bonds. The van der Waals surface area contributed by atoms with Gasteiger partial charge in [0.15, 0.2) is 0 Å². The normalized spacial score (nSPS) is 12.8. The van der Waals surface area contributed by atoms with Gasteiger partial charge in [0, 0.05) is 23.4 Å². The molecule has 0 aliphatic rings. The molecule has 176 valence electrons. The highest BCUT2D eigenvalue weighted by Crippen LogP contribution is 2.12. The van der Waals surface area contributed by atoms with Crippen molar-refractivity contribution in [3.8, 4) is 0 Å². The Bertz CT molecular complexity index is 957. The Labute approximate surface area is 186 Å². The molecule has 0 aliphatic heterocycles. The van der Waals surface area contributed by atoms with Crippen molar-refractivity contribution in [2.45, 2.75) is 39.5 Å². The van der Waals surface area contributed by atoms with Gasteiger partial charge in [-0.05, 0) is 36.1 Å². The lowest BCUT2D eigenvalue weighted by atomic mass is 10.0. The predicted octanol–water partition coefficient (Wildman–Crippen LogP) is 1.74. The van der Waals surface area contributed by atoms with Gasteiger partial charge in [-0.2, -0.15) is 0 Å². The van der Waals surface area contributed by atoms with Crippen molar-refractivity contribution in [2.75, 3.05) is 23.9 Å². The van der Waals surface area contributed by atoms with Gasteiger partial charge in [-0.25, -0.2) is 13.2 Å². The van der Waals surface area contributed by atoms with Gasteiger partial charge in [0.05, 0.1) is 5.75 Å². The second-order valence-electron chi connectivity index (χ2n) is 7.44. The third-order valence-corrected chi connectivity index (χ3v) is 5.11. The molecular formula is C19H28N6O6S. The number of carbonyl (C=O) groups is 3. The fourth-order valence-corrected chi connectivity index (χ4v) is 2.85. The van der Waals surface area contributed by atoms with Crippen molar-refractivity contribution in [3.63, 3.8) is 0 Å². The van der Waals surface area contributed by atoms with Crippen LogP contribution in [-0.4, -0.2) is 57.0 Å². The molecule has 0 radical (unpaired) electrons. The first-order valence-corrected chi connectivity index (χ1v) is 11.8. The van der Waals surface area contributed by atoms with E-state index in [2.05, 4.69) is 26.0 Å². The summed E-state index contributed by atoms with van der Waals surface area (Å²) in [5.74, 6) is -1.41. The molecule has 0 bridgehead atoms. The van der Waals surface area contributed by atoms with Crippen LogP contribution in [0.4, 0.5) is 10.5 Å². The Morgan fingerprint density at radius 2 is 1.75 bits per heavy atom. The lowest BCUT2D eigenvalue weighted by molar-refractivity contribution is -0.127. The van der Waals surface area contributed by atoms with E-state index in [-0.39, 0.29) is 24.8 Å². The van der Waals surface area contributed by atoms with Crippen LogP contribution in [-0.2, 0) is 30.8 Å². The maximum absolute atomic E-state index is 12.3. The lowest BCUT2D eigenvalue weighted by Gasteiger charge is -2.19. The summed E-state index contributed by atoms with van der Waals surface area (Å²) < 4.78 is 27.0. The number of alkyl carbamates (subject to hydrolysis) is 1. The molecule has 0 aliphatic carbocycles. The molecule has 0 fully saturated rings. The van der Waals surface area contributed by atoms with Gasteiger partial charge >= 0.3 is 6.09 Å². The van der Waals surface area contributed by atoms with E-state index < -0.39 is 39.8 Å². The Kier molecular flexibility index (Phi) is 10.5. The van der Waals surface area contributed by atoms with Crippen LogP contribution in [0.2, 0.25) is 0 Å². The van der Waals surface area contributed by atoms with Gasteiger partial charge in [-0.3, -0.25) is 9.59 Å². The monoisotopic (exact) mass is 468 g/mol. The van der Waals surface area contributed by atoms with Crippen LogP contribution in [0.3, 0.4) is 0 Å². The lowest BCUT2D eigenvalue weighted by Crippen LogP contribution is -2.46. The molecule has 0 spiro atoms. The molecule has 13 heteroatoms. The van der Waals surface area contributed by atoms with Crippen molar-refractivity contribution >= 4 is 33.4 Å². The summed E-state index contributed by atoms with van der Waals surface area (Å²) in [4.78, 5) is 38.7. The highest BCUT2D eigenvalue weighted by Gasteiger charge is 2.24. The number of hydrogen-bond acceptors (Lipinski definition) is 7. The number of anilines is 1. The number of sulfone groups is 1. The zero-order valence-corrected chi connectivity index (χ0v) is 19.2. The van der Waals surface area contributed by atoms with Crippen LogP contribution in [0.25, 0.3) is 10.4 Å². The first kappa shape index (κ1) is 26.7. The molecule has 32 heavy (non-hydrogen) atoms. The van der Waals surface area contributed by atoms with Gasteiger partial charge in [0.25, 0.3) is 0 Å². The van der Waals surface area contributed by atoms with Crippen molar-refractivity contribution in [1.29, 1.82) is 0 Å². The standard InChI is InChI=1S/C19H28N6O6S/c1-12(2)16(24-25-20)18(27)22-13(3)17(26)23-15-7-5-14(6-8-15)11-31-19(28)21-9-10-32(4,29)30/h5-8,12-13,16H,9-11H2,1-4H3,(H,21,28)(H,22,27)(H,23,26)/t13-,16-/m0/s1. The van der Waals surface area contributed by atoms with Crippen LogP contribution in [0.5, 0.6) is 0 Å². The third-order valence-electron chi connectivity index (χ3n) is 4.16. The molecule has 3 N–H and O–H groups in total. The molecule has 2 atom stereocenters. The smallest absolute Gasteiger partial charge is 0.407 e. The molecule has 0 saturated carbocycles. The molecule has 0 saturated heterocycles. The molecule has 0 heterocycles. The second kappa shape index (κ2) is 12.5. The summed E-state index contributed by atoms with van der Waals surface area (Å²) in [7, 11) is -3.17. The van der Waals surface area contributed by atoms with Crippen LogP contribution >= 0.6 is 0 Å². The number of nitrogens with zero attached hydrogens (tertiary/aromatic N) is 3. The summed E-state index contributed by atoms with van der Waals surface area (Å²) in [6.45, 7) is 4.88. The Balaban J connectivity index is 2.52. The fourth-order valence-electron chi connectivity index (χ4n) is 2.38. The average Bonchev–Trinajstić information content (AvgIpc) is 2.70. The molecule has 1 rings (SSSR count). The Morgan fingerprint density at radius 1 is 1.12 bits per heavy atom. The second-order valence-corrected chi connectivity index (χ2v) is 9.70. The van der Waals surface area contributed by atoms with Gasteiger partial charge < -0.3 is 20.7 Å². The number of hydrogen-bond donors (Lipinski definition) is 3. The molecule has 12 nitrogen and oxygen atoms in total. The zero-order chi connectivity index (χ0) is 24.3. The van der Waals surface area contributed by atoms with Crippen molar-refractivity contribution in [3.05, 3.63) is 40.3 Å².